The number of pyridine rings is 1. The molecule has 3 heterocycles. The molecule has 0 aliphatic carbocycles. The molecule has 0 fully saturated rings. The van der Waals surface area contributed by atoms with Crippen LogP contribution in [0.25, 0.3) is 16.8 Å². The molecule has 7 nitrogen and oxygen atoms in total. The Morgan fingerprint density at radius 2 is 1.80 bits per heavy atom. The van der Waals surface area contributed by atoms with Crippen LogP contribution in [0.3, 0.4) is 0 Å². The fourth-order valence-electron chi connectivity index (χ4n) is 5.02. The van der Waals surface area contributed by atoms with Crippen LogP contribution in [0.4, 0.5) is 10.1 Å². The molecule has 0 saturated heterocycles. The van der Waals surface area contributed by atoms with E-state index in [9.17, 15) is 4.79 Å². The first-order valence-corrected chi connectivity index (χ1v) is 14.2. The SMILES string of the molecule is CC.CNc1ccc(-c2ccn(C)n(C)c(CN3CC=C(c4c(C)cc(C(=O)N(C)C)cc4F)CC3)cc2C)nc1. The second kappa shape index (κ2) is 14.1. The van der Waals surface area contributed by atoms with E-state index >= 15 is 4.39 Å². The summed E-state index contributed by atoms with van der Waals surface area (Å²) in [5.74, 6) is -0.526. The summed E-state index contributed by atoms with van der Waals surface area (Å²) in [6.45, 7) is 10.3. The number of nitrogens with one attached hydrogen (secondary N) is 1. The van der Waals surface area contributed by atoms with E-state index in [2.05, 4.69) is 62.9 Å². The van der Waals surface area contributed by atoms with Crippen molar-refractivity contribution in [3.63, 3.8) is 0 Å². The molecule has 0 unspecified atom stereocenters. The fourth-order valence-corrected chi connectivity index (χ4v) is 5.02. The molecule has 0 atom stereocenters. The molecule has 41 heavy (non-hydrogen) atoms. The Hall–Kier alpha value is -3.91. The summed E-state index contributed by atoms with van der Waals surface area (Å²) in [6, 6.07) is 11.6. The highest BCUT2D eigenvalue weighted by Gasteiger charge is 2.20. The molecular weight excluding hydrogens is 515 g/mol. The Morgan fingerprint density at radius 1 is 1.07 bits per heavy atom. The van der Waals surface area contributed by atoms with E-state index in [0.29, 0.717) is 11.1 Å². The van der Waals surface area contributed by atoms with Crippen LogP contribution in [0.2, 0.25) is 0 Å². The number of carbonyl (C=O) groups excluding carboxylic acids is 1. The van der Waals surface area contributed by atoms with Crippen molar-refractivity contribution in [2.24, 2.45) is 14.1 Å². The average molecular weight is 561 g/mol. The molecule has 1 aromatic carbocycles. The maximum atomic E-state index is 15.2. The van der Waals surface area contributed by atoms with Crippen LogP contribution < -0.4 is 5.32 Å². The number of aromatic nitrogens is 3. The standard InChI is InChI=1S/C31H39FN6O.C2H6/c1-21-17-26(37(7)36(6)13-12-27(21)29-9-8-25(33-3)19-34-29)20-38-14-10-23(11-15-38)30-22(2)16-24(18-28(30)32)31(39)35(4)5;1-2/h8-10,12-13,16-19,33H,11,14-15,20H2,1-7H3;1-2H3. The van der Waals surface area contributed by atoms with E-state index in [1.807, 2.05) is 53.2 Å². The molecule has 3 aromatic rings. The minimum Gasteiger partial charge on any atom is -0.387 e. The molecule has 4 rings (SSSR count). The van der Waals surface area contributed by atoms with Crippen molar-refractivity contribution >= 4 is 17.2 Å². The number of aryl methyl sites for hydroxylation is 3. The van der Waals surface area contributed by atoms with Crippen LogP contribution in [0.1, 0.15) is 53.0 Å². The summed E-state index contributed by atoms with van der Waals surface area (Å²) in [5.41, 5.74) is 8.09. The lowest BCUT2D eigenvalue weighted by Gasteiger charge is -2.28. The van der Waals surface area contributed by atoms with Gasteiger partial charge in [0.15, 0.2) is 0 Å². The Bertz CT molecular complexity index is 1420. The van der Waals surface area contributed by atoms with Gasteiger partial charge in [0, 0.05) is 83.5 Å². The topological polar surface area (TPSA) is 58.3 Å². The summed E-state index contributed by atoms with van der Waals surface area (Å²) >= 11 is 0. The van der Waals surface area contributed by atoms with Crippen LogP contribution in [0.5, 0.6) is 0 Å². The van der Waals surface area contributed by atoms with Crippen molar-refractivity contribution in [3.8, 4) is 11.3 Å². The number of carbonyl (C=O) groups is 1. The van der Waals surface area contributed by atoms with E-state index in [4.69, 9.17) is 0 Å². The molecule has 1 aliphatic rings. The number of hydrogen-bond donors (Lipinski definition) is 1. The average Bonchev–Trinajstić information content (AvgIpc) is 2.97. The van der Waals surface area contributed by atoms with Crippen LogP contribution in [-0.4, -0.2) is 64.3 Å². The molecule has 8 heteroatoms. The van der Waals surface area contributed by atoms with Crippen LogP contribution in [0.15, 0.2) is 54.9 Å². The normalized spacial score (nSPS) is 13.1. The molecule has 1 aliphatic heterocycles. The van der Waals surface area contributed by atoms with Crippen molar-refractivity contribution in [2.75, 3.05) is 39.5 Å². The molecule has 2 aromatic heterocycles. The van der Waals surface area contributed by atoms with Gasteiger partial charge in [-0.15, -0.1) is 0 Å². The highest BCUT2D eigenvalue weighted by atomic mass is 19.1. The Morgan fingerprint density at radius 3 is 2.37 bits per heavy atom. The van der Waals surface area contributed by atoms with E-state index in [-0.39, 0.29) is 11.7 Å². The third kappa shape index (κ3) is 7.44. The highest BCUT2D eigenvalue weighted by molar-refractivity contribution is 5.94. The van der Waals surface area contributed by atoms with Crippen molar-refractivity contribution < 1.29 is 9.18 Å². The minimum absolute atomic E-state index is 0.193. The zero-order valence-electron chi connectivity index (χ0n) is 26.0. The first-order valence-electron chi connectivity index (χ1n) is 14.2. The monoisotopic (exact) mass is 560 g/mol. The van der Waals surface area contributed by atoms with Gasteiger partial charge in [-0.1, -0.05) is 19.9 Å². The number of halogens is 1. The van der Waals surface area contributed by atoms with Gasteiger partial charge in [0.05, 0.1) is 17.6 Å². The Kier molecular flexibility index (Phi) is 10.9. The van der Waals surface area contributed by atoms with Gasteiger partial charge >= 0.3 is 0 Å². The summed E-state index contributed by atoms with van der Waals surface area (Å²) in [7, 11) is 9.33. The predicted molar refractivity (Wildman–Crippen MR) is 168 cm³/mol. The molecule has 1 N–H and O–H groups in total. The van der Waals surface area contributed by atoms with Crippen molar-refractivity contribution in [3.05, 3.63) is 88.6 Å². The van der Waals surface area contributed by atoms with E-state index in [1.165, 1.54) is 11.0 Å². The summed E-state index contributed by atoms with van der Waals surface area (Å²) < 4.78 is 19.4. The summed E-state index contributed by atoms with van der Waals surface area (Å²) in [4.78, 5) is 20.8. The lowest BCUT2D eigenvalue weighted by Crippen LogP contribution is -2.30. The fraction of sp³-hybridized carbons (Fsp3) is 0.394. The first kappa shape index (κ1) is 31.6. The smallest absolute Gasteiger partial charge is 0.253 e. The van der Waals surface area contributed by atoms with Gasteiger partial charge in [0.25, 0.3) is 5.91 Å². The summed E-state index contributed by atoms with van der Waals surface area (Å²) in [5, 5.41) is 3.12. The van der Waals surface area contributed by atoms with E-state index in [0.717, 1.165) is 65.4 Å². The predicted octanol–water partition coefficient (Wildman–Crippen LogP) is 6.36. The number of anilines is 1. The number of amides is 1. The highest BCUT2D eigenvalue weighted by Crippen LogP contribution is 2.30. The second-order valence-corrected chi connectivity index (χ2v) is 10.4. The number of rotatable bonds is 6. The number of nitrogens with zero attached hydrogens (tertiary/aromatic N) is 5. The van der Waals surface area contributed by atoms with Crippen molar-refractivity contribution in [1.82, 2.24) is 24.1 Å². The molecule has 1 amide bonds. The van der Waals surface area contributed by atoms with Crippen molar-refractivity contribution in [2.45, 2.75) is 40.7 Å². The first-order chi connectivity index (χ1) is 19.6. The third-order valence-electron chi connectivity index (χ3n) is 7.42. The van der Waals surface area contributed by atoms with Gasteiger partial charge in [-0.25, -0.2) is 4.39 Å². The lowest BCUT2D eigenvalue weighted by atomic mass is 9.93. The zero-order chi connectivity index (χ0) is 30.3. The molecule has 0 spiro atoms. The minimum atomic E-state index is -0.333. The molecular formula is C33H45FN6O. The number of benzene rings is 1. The van der Waals surface area contributed by atoms with Gasteiger partial charge < -0.3 is 10.2 Å². The van der Waals surface area contributed by atoms with Crippen LogP contribution in [0, 0.1) is 19.7 Å². The molecule has 0 saturated carbocycles. The molecule has 0 bridgehead atoms. The van der Waals surface area contributed by atoms with Gasteiger partial charge in [-0.05, 0) is 73.4 Å². The quantitative estimate of drug-likeness (QED) is 0.381. The van der Waals surface area contributed by atoms with Gasteiger partial charge in [-0.2, -0.15) is 0 Å². The second-order valence-electron chi connectivity index (χ2n) is 10.4. The van der Waals surface area contributed by atoms with Crippen molar-refractivity contribution in [1.29, 1.82) is 0 Å². The zero-order valence-corrected chi connectivity index (χ0v) is 26.0. The molecule has 0 radical (unpaired) electrons. The van der Waals surface area contributed by atoms with Crippen LogP contribution >= 0.6 is 0 Å². The third-order valence-corrected chi connectivity index (χ3v) is 7.42. The van der Waals surface area contributed by atoms with E-state index in [1.54, 1.807) is 20.2 Å². The number of hydrogen-bond acceptors (Lipinski definition) is 4. The lowest BCUT2D eigenvalue weighted by molar-refractivity contribution is 0.0827. The largest absolute Gasteiger partial charge is 0.387 e. The maximum Gasteiger partial charge on any atom is 0.253 e. The summed E-state index contributed by atoms with van der Waals surface area (Å²) in [6.07, 6.45) is 6.77. The van der Waals surface area contributed by atoms with Gasteiger partial charge in [-0.3, -0.25) is 24.0 Å². The van der Waals surface area contributed by atoms with E-state index < -0.39 is 0 Å². The maximum absolute atomic E-state index is 15.2. The van der Waals surface area contributed by atoms with Gasteiger partial charge in [0.1, 0.15) is 5.82 Å². The molecule has 220 valence electrons. The Balaban J connectivity index is 0.00000226. The van der Waals surface area contributed by atoms with Crippen LogP contribution in [-0.2, 0) is 20.6 Å². The Labute approximate surface area is 244 Å². The van der Waals surface area contributed by atoms with Gasteiger partial charge in [0.2, 0.25) is 0 Å².